The predicted octanol–water partition coefficient (Wildman–Crippen LogP) is 3.73. The summed E-state index contributed by atoms with van der Waals surface area (Å²) in [6.45, 7) is 4.15. The second-order valence-electron chi connectivity index (χ2n) is 5.29. The van der Waals surface area contributed by atoms with Crippen molar-refractivity contribution in [2.75, 3.05) is 0 Å². The zero-order valence-electron chi connectivity index (χ0n) is 11.7. The van der Waals surface area contributed by atoms with E-state index in [4.69, 9.17) is 0 Å². The van der Waals surface area contributed by atoms with Gasteiger partial charge in [0.15, 0.2) is 11.6 Å². The Bertz CT molecular complexity index is 538. The van der Waals surface area contributed by atoms with Crippen LogP contribution in [0.2, 0.25) is 0 Å². The lowest BCUT2D eigenvalue weighted by Gasteiger charge is -2.17. The van der Waals surface area contributed by atoms with Crippen molar-refractivity contribution in [1.29, 1.82) is 0 Å². The first kappa shape index (κ1) is 13.7. The summed E-state index contributed by atoms with van der Waals surface area (Å²) in [5, 5.41) is 0. The van der Waals surface area contributed by atoms with Crippen molar-refractivity contribution in [2.45, 2.75) is 46.0 Å². The highest BCUT2D eigenvalue weighted by Crippen LogP contribution is 2.25. The molecule has 3 rings (SSSR count). The van der Waals surface area contributed by atoms with Crippen LogP contribution in [0.4, 0.5) is 0 Å². The number of Topliss-reactive ketones (excluding diaryl/α,β-unsaturated/α-hetero) is 1. The van der Waals surface area contributed by atoms with Crippen LogP contribution in [0.5, 0.6) is 0 Å². The molecule has 0 aliphatic heterocycles. The van der Waals surface area contributed by atoms with Crippen LogP contribution in [0.15, 0.2) is 24.3 Å². The van der Waals surface area contributed by atoms with Crippen LogP contribution in [0, 0.1) is 13.8 Å². The molecule has 100 valence electrons. The highest BCUT2D eigenvalue weighted by molar-refractivity contribution is 5.99. The zero-order chi connectivity index (χ0) is 13.8. The molecule has 19 heavy (non-hydrogen) atoms. The molecular weight excluding hydrogens is 236 g/mol. The van der Waals surface area contributed by atoms with Gasteiger partial charge in [-0.1, -0.05) is 17.7 Å². The Morgan fingerprint density at radius 1 is 1.00 bits per heavy atom. The molecule has 0 unspecified atom stereocenters. The molecule has 0 heterocycles. The van der Waals surface area contributed by atoms with Crippen molar-refractivity contribution in [3.8, 4) is 0 Å². The van der Waals surface area contributed by atoms with E-state index in [0.29, 0.717) is 5.78 Å². The quantitative estimate of drug-likeness (QED) is 0.708. The normalized spacial score (nSPS) is 16.9. The minimum Gasteiger partial charge on any atom is -0.295 e. The predicted molar refractivity (Wildman–Crippen MR) is 76.6 cm³/mol. The molecule has 0 aromatic heterocycles. The number of allylic oxidation sites excluding steroid dienone is 2. The Labute approximate surface area is 114 Å². The second-order valence-corrected chi connectivity index (χ2v) is 5.29. The summed E-state index contributed by atoms with van der Waals surface area (Å²) in [5.41, 5.74) is 4.74. The minimum absolute atomic E-state index is 0.273. The number of benzene rings is 1. The molecule has 0 spiro atoms. The number of fused-ring (bicyclic) bond motifs is 1. The third-order valence-electron chi connectivity index (χ3n) is 3.61. The first-order valence-corrected chi connectivity index (χ1v) is 6.90. The van der Waals surface area contributed by atoms with Gasteiger partial charge in [0.1, 0.15) is 0 Å². The highest BCUT2D eigenvalue weighted by Gasteiger charge is 2.18. The van der Waals surface area contributed by atoms with Crippen LogP contribution in [-0.2, 0) is 11.2 Å². The van der Waals surface area contributed by atoms with Crippen LogP contribution < -0.4 is 0 Å². The number of carbonyl (C=O) groups excluding carboxylic acids is 2. The topological polar surface area (TPSA) is 34.1 Å². The molecule has 0 fully saturated rings. The summed E-state index contributed by atoms with van der Waals surface area (Å²) in [6.07, 6.45) is 8.07. The van der Waals surface area contributed by atoms with E-state index in [1.807, 2.05) is 12.1 Å². The van der Waals surface area contributed by atoms with E-state index >= 15 is 0 Å². The maximum absolute atomic E-state index is 11.6. The number of carbonyl (C=O) groups is 2. The van der Waals surface area contributed by atoms with Gasteiger partial charge in [0.2, 0.25) is 0 Å². The van der Waals surface area contributed by atoms with Gasteiger partial charge in [-0.2, -0.15) is 0 Å². The van der Waals surface area contributed by atoms with E-state index in [1.165, 1.54) is 16.7 Å². The molecule has 2 heteroatoms. The lowest BCUT2D eigenvalue weighted by Crippen LogP contribution is -2.12. The van der Waals surface area contributed by atoms with Crippen molar-refractivity contribution in [3.05, 3.63) is 46.5 Å². The lowest BCUT2D eigenvalue weighted by molar-refractivity contribution is -0.114. The van der Waals surface area contributed by atoms with Crippen LogP contribution in [0.25, 0.3) is 0 Å². The standard InChI is InChI=1S/C12H14O.C5H6O/c1-8-6-9(2)10-4-3-5-12(13)11(10)7-8;6-5-3-1-2-4-5/h6-7H,3-5H2,1-2H3;1,3H,2,4H2. The number of ketones is 2. The van der Waals surface area contributed by atoms with E-state index in [9.17, 15) is 9.59 Å². The minimum atomic E-state index is 0.273. The van der Waals surface area contributed by atoms with Gasteiger partial charge in [0.05, 0.1) is 0 Å². The Balaban J connectivity index is 0.000000186. The first-order valence-electron chi connectivity index (χ1n) is 6.90. The van der Waals surface area contributed by atoms with Crippen LogP contribution in [0.1, 0.15) is 52.7 Å². The molecule has 2 nitrogen and oxygen atoms in total. The van der Waals surface area contributed by atoms with E-state index in [1.54, 1.807) is 6.08 Å². The largest absolute Gasteiger partial charge is 0.295 e. The van der Waals surface area contributed by atoms with E-state index in [0.717, 1.165) is 37.7 Å². The van der Waals surface area contributed by atoms with Crippen molar-refractivity contribution < 1.29 is 9.59 Å². The molecule has 0 radical (unpaired) electrons. The molecule has 1 aromatic carbocycles. The average molecular weight is 256 g/mol. The van der Waals surface area contributed by atoms with Gasteiger partial charge in [-0.05, 0) is 56.4 Å². The second kappa shape index (κ2) is 5.96. The SMILES string of the molecule is Cc1cc(C)c2c(c1)C(=O)CCC2.O=C1C=CCC1. The first-order chi connectivity index (χ1) is 9.08. The molecule has 0 bridgehead atoms. The molecule has 0 saturated carbocycles. The van der Waals surface area contributed by atoms with Crippen molar-refractivity contribution in [2.24, 2.45) is 0 Å². The maximum atomic E-state index is 11.6. The molecule has 0 N–H and O–H groups in total. The zero-order valence-corrected chi connectivity index (χ0v) is 11.7. The molecule has 2 aliphatic rings. The van der Waals surface area contributed by atoms with Crippen LogP contribution in [-0.4, -0.2) is 11.6 Å². The van der Waals surface area contributed by atoms with Gasteiger partial charge < -0.3 is 0 Å². The summed E-state index contributed by atoms with van der Waals surface area (Å²) in [4.78, 5) is 21.7. The van der Waals surface area contributed by atoms with Gasteiger partial charge in [0, 0.05) is 18.4 Å². The number of rotatable bonds is 0. The maximum Gasteiger partial charge on any atom is 0.163 e. The summed E-state index contributed by atoms with van der Waals surface area (Å²) in [7, 11) is 0. The Morgan fingerprint density at radius 3 is 2.37 bits per heavy atom. The average Bonchev–Trinajstić information content (AvgIpc) is 2.83. The molecule has 0 atom stereocenters. The summed E-state index contributed by atoms with van der Waals surface area (Å²) >= 11 is 0. The smallest absolute Gasteiger partial charge is 0.163 e. The van der Waals surface area contributed by atoms with Gasteiger partial charge in [0.25, 0.3) is 0 Å². The van der Waals surface area contributed by atoms with Crippen LogP contribution in [0.3, 0.4) is 0 Å². The number of hydrogen-bond donors (Lipinski definition) is 0. The van der Waals surface area contributed by atoms with E-state index in [2.05, 4.69) is 19.9 Å². The van der Waals surface area contributed by atoms with Gasteiger partial charge in [-0.3, -0.25) is 9.59 Å². The van der Waals surface area contributed by atoms with Crippen LogP contribution >= 0.6 is 0 Å². The fourth-order valence-electron chi connectivity index (χ4n) is 2.66. The monoisotopic (exact) mass is 256 g/mol. The number of hydrogen-bond acceptors (Lipinski definition) is 2. The van der Waals surface area contributed by atoms with Gasteiger partial charge in [-0.25, -0.2) is 0 Å². The molecule has 1 aromatic rings. The Morgan fingerprint density at radius 2 is 1.79 bits per heavy atom. The van der Waals surface area contributed by atoms with Gasteiger partial charge >= 0.3 is 0 Å². The third-order valence-corrected chi connectivity index (χ3v) is 3.61. The fourth-order valence-corrected chi connectivity index (χ4v) is 2.66. The van der Waals surface area contributed by atoms with Gasteiger partial charge in [-0.15, -0.1) is 0 Å². The summed E-state index contributed by atoms with van der Waals surface area (Å²) in [5.74, 6) is 0.600. The Hall–Kier alpha value is -1.70. The van der Waals surface area contributed by atoms with E-state index < -0.39 is 0 Å². The Kier molecular flexibility index (Phi) is 4.31. The van der Waals surface area contributed by atoms with Crippen molar-refractivity contribution in [1.82, 2.24) is 0 Å². The van der Waals surface area contributed by atoms with E-state index in [-0.39, 0.29) is 5.78 Å². The lowest BCUT2D eigenvalue weighted by atomic mass is 9.86. The summed E-state index contributed by atoms with van der Waals surface area (Å²) < 4.78 is 0. The van der Waals surface area contributed by atoms with Crippen molar-refractivity contribution in [3.63, 3.8) is 0 Å². The third kappa shape index (κ3) is 3.40. The fraction of sp³-hybridized carbons (Fsp3) is 0.412. The molecule has 2 aliphatic carbocycles. The molecule has 0 amide bonds. The summed E-state index contributed by atoms with van der Waals surface area (Å²) in [6, 6.07) is 4.20. The molecular formula is C17H20O2. The highest BCUT2D eigenvalue weighted by atomic mass is 16.1. The number of aryl methyl sites for hydroxylation is 2. The molecule has 0 saturated heterocycles. The van der Waals surface area contributed by atoms with Crippen molar-refractivity contribution >= 4 is 11.6 Å².